The van der Waals surface area contributed by atoms with Gasteiger partial charge in [-0.3, -0.25) is 9.59 Å². The number of aliphatic carboxylic acids is 1. The Balaban J connectivity index is 2.81. The Hall–Kier alpha value is -2.24. The Kier molecular flexibility index (Phi) is 5.58. The van der Waals surface area contributed by atoms with E-state index in [4.69, 9.17) is 14.6 Å². The molecular weight excluding hydrogens is 274 g/mol. The number of hydrogen-bond donors (Lipinski definition) is 2. The van der Waals surface area contributed by atoms with Gasteiger partial charge in [-0.2, -0.15) is 0 Å². The van der Waals surface area contributed by atoms with Crippen molar-refractivity contribution in [2.24, 2.45) is 5.41 Å². The Morgan fingerprint density at radius 2 is 1.95 bits per heavy atom. The van der Waals surface area contributed by atoms with E-state index in [2.05, 4.69) is 5.32 Å². The highest BCUT2D eigenvalue weighted by Crippen LogP contribution is 2.28. The number of nitrogens with one attached hydrogen (secondary N) is 1. The monoisotopic (exact) mass is 295 g/mol. The summed E-state index contributed by atoms with van der Waals surface area (Å²) in [6.07, 6.45) is 0. The maximum Gasteiger partial charge on any atom is 0.310 e. The number of ether oxygens (including phenoxy) is 2. The quantitative estimate of drug-likeness (QED) is 0.803. The lowest BCUT2D eigenvalue weighted by molar-refractivity contribution is -0.146. The summed E-state index contributed by atoms with van der Waals surface area (Å²) in [5.74, 6) is -0.304. The van der Waals surface area contributed by atoms with E-state index in [1.807, 2.05) is 6.92 Å². The van der Waals surface area contributed by atoms with Gasteiger partial charge in [0.15, 0.2) is 11.5 Å². The number of methoxy groups -OCH3 is 1. The summed E-state index contributed by atoms with van der Waals surface area (Å²) in [5, 5.41) is 11.6. The van der Waals surface area contributed by atoms with Crippen molar-refractivity contribution >= 4 is 11.9 Å². The molecule has 0 unspecified atom stereocenters. The third kappa shape index (κ3) is 4.37. The number of carboxylic acids is 1. The summed E-state index contributed by atoms with van der Waals surface area (Å²) < 4.78 is 10.5. The van der Waals surface area contributed by atoms with E-state index in [0.717, 1.165) is 0 Å². The summed E-state index contributed by atoms with van der Waals surface area (Å²) in [4.78, 5) is 23.1. The van der Waals surface area contributed by atoms with Gasteiger partial charge in [0.2, 0.25) is 0 Å². The van der Waals surface area contributed by atoms with Gasteiger partial charge in [-0.15, -0.1) is 0 Å². The first-order valence-electron chi connectivity index (χ1n) is 6.64. The molecule has 0 radical (unpaired) electrons. The highest BCUT2D eigenvalue weighted by Gasteiger charge is 2.27. The minimum Gasteiger partial charge on any atom is -0.493 e. The molecule has 1 amide bonds. The Labute approximate surface area is 124 Å². The van der Waals surface area contributed by atoms with Gasteiger partial charge in [0, 0.05) is 12.1 Å². The molecule has 0 aliphatic rings. The van der Waals surface area contributed by atoms with Crippen LogP contribution in [0, 0.1) is 5.41 Å². The van der Waals surface area contributed by atoms with E-state index in [0.29, 0.717) is 23.7 Å². The normalized spacial score (nSPS) is 10.9. The molecule has 0 fully saturated rings. The second kappa shape index (κ2) is 6.97. The van der Waals surface area contributed by atoms with Crippen LogP contribution in [0.3, 0.4) is 0 Å². The number of carbonyl (C=O) groups excluding carboxylic acids is 1. The molecule has 1 aromatic rings. The number of benzene rings is 1. The third-order valence-electron chi connectivity index (χ3n) is 3.00. The molecule has 116 valence electrons. The zero-order valence-electron chi connectivity index (χ0n) is 12.7. The number of carbonyl (C=O) groups is 2. The fraction of sp³-hybridized carbons (Fsp3) is 0.467. The van der Waals surface area contributed by atoms with Crippen LogP contribution in [0.2, 0.25) is 0 Å². The van der Waals surface area contributed by atoms with Crippen molar-refractivity contribution in [2.45, 2.75) is 20.8 Å². The van der Waals surface area contributed by atoms with E-state index in [1.54, 1.807) is 32.0 Å². The smallest absolute Gasteiger partial charge is 0.310 e. The zero-order chi connectivity index (χ0) is 16.0. The Morgan fingerprint density at radius 1 is 1.29 bits per heavy atom. The zero-order valence-corrected chi connectivity index (χ0v) is 12.7. The van der Waals surface area contributed by atoms with E-state index in [9.17, 15) is 9.59 Å². The number of rotatable bonds is 7. The molecule has 1 rings (SSSR count). The number of amides is 1. The first-order chi connectivity index (χ1) is 9.81. The van der Waals surface area contributed by atoms with Gasteiger partial charge in [-0.1, -0.05) is 0 Å². The standard InChI is InChI=1S/C15H21NO5/c1-5-21-11-7-6-10(8-12(11)20-4)13(17)16-9-15(2,3)14(18)19/h6-8H,5,9H2,1-4H3,(H,16,17)(H,18,19). The summed E-state index contributed by atoms with van der Waals surface area (Å²) in [5.41, 5.74) is -0.637. The van der Waals surface area contributed by atoms with Crippen LogP contribution < -0.4 is 14.8 Å². The lowest BCUT2D eigenvalue weighted by atomic mass is 9.94. The van der Waals surface area contributed by atoms with E-state index < -0.39 is 11.4 Å². The van der Waals surface area contributed by atoms with Crippen molar-refractivity contribution in [2.75, 3.05) is 20.3 Å². The molecule has 0 spiro atoms. The largest absolute Gasteiger partial charge is 0.493 e. The predicted octanol–water partition coefficient (Wildman–Crippen LogP) is 1.93. The van der Waals surface area contributed by atoms with Gasteiger partial charge in [0.25, 0.3) is 5.91 Å². The molecule has 0 saturated carbocycles. The molecule has 6 heteroatoms. The van der Waals surface area contributed by atoms with E-state index in [-0.39, 0.29) is 12.5 Å². The Bertz CT molecular complexity index is 525. The Morgan fingerprint density at radius 3 is 2.48 bits per heavy atom. The highest BCUT2D eigenvalue weighted by atomic mass is 16.5. The molecule has 0 saturated heterocycles. The van der Waals surface area contributed by atoms with Gasteiger partial charge in [0.1, 0.15) is 0 Å². The van der Waals surface area contributed by atoms with Crippen molar-refractivity contribution in [1.29, 1.82) is 0 Å². The molecule has 0 aromatic heterocycles. The van der Waals surface area contributed by atoms with Crippen LogP contribution in [-0.4, -0.2) is 37.2 Å². The summed E-state index contributed by atoms with van der Waals surface area (Å²) >= 11 is 0. The van der Waals surface area contributed by atoms with Gasteiger partial charge in [-0.05, 0) is 39.0 Å². The molecular formula is C15H21NO5. The van der Waals surface area contributed by atoms with Crippen molar-refractivity contribution in [3.63, 3.8) is 0 Å². The lowest BCUT2D eigenvalue weighted by Crippen LogP contribution is -2.38. The average Bonchev–Trinajstić information content (AvgIpc) is 2.45. The van der Waals surface area contributed by atoms with Crippen LogP contribution in [0.4, 0.5) is 0 Å². The maximum absolute atomic E-state index is 12.1. The van der Waals surface area contributed by atoms with Crippen molar-refractivity contribution < 1.29 is 24.2 Å². The molecule has 0 aliphatic heterocycles. The van der Waals surface area contributed by atoms with Gasteiger partial charge < -0.3 is 19.9 Å². The molecule has 0 atom stereocenters. The van der Waals surface area contributed by atoms with Crippen molar-refractivity contribution in [1.82, 2.24) is 5.32 Å². The van der Waals surface area contributed by atoms with E-state index in [1.165, 1.54) is 7.11 Å². The SMILES string of the molecule is CCOc1ccc(C(=O)NCC(C)(C)C(=O)O)cc1OC. The topological polar surface area (TPSA) is 84.9 Å². The van der Waals surface area contributed by atoms with Crippen LogP contribution in [0.1, 0.15) is 31.1 Å². The number of hydrogen-bond acceptors (Lipinski definition) is 4. The predicted molar refractivity (Wildman–Crippen MR) is 77.9 cm³/mol. The van der Waals surface area contributed by atoms with Gasteiger partial charge in [-0.25, -0.2) is 0 Å². The first-order valence-corrected chi connectivity index (χ1v) is 6.64. The second-order valence-electron chi connectivity index (χ2n) is 5.17. The van der Waals surface area contributed by atoms with Crippen LogP contribution in [0.5, 0.6) is 11.5 Å². The van der Waals surface area contributed by atoms with Crippen LogP contribution >= 0.6 is 0 Å². The lowest BCUT2D eigenvalue weighted by Gasteiger charge is -2.19. The van der Waals surface area contributed by atoms with Crippen LogP contribution in [0.15, 0.2) is 18.2 Å². The van der Waals surface area contributed by atoms with E-state index >= 15 is 0 Å². The maximum atomic E-state index is 12.1. The molecule has 21 heavy (non-hydrogen) atoms. The molecule has 0 aliphatic carbocycles. The molecule has 1 aromatic carbocycles. The van der Waals surface area contributed by atoms with Crippen molar-refractivity contribution in [3.8, 4) is 11.5 Å². The highest BCUT2D eigenvalue weighted by molar-refractivity contribution is 5.95. The van der Waals surface area contributed by atoms with Gasteiger partial charge >= 0.3 is 5.97 Å². The summed E-state index contributed by atoms with van der Waals surface area (Å²) in [7, 11) is 1.49. The third-order valence-corrected chi connectivity index (χ3v) is 3.00. The van der Waals surface area contributed by atoms with Crippen molar-refractivity contribution in [3.05, 3.63) is 23.8 Å². The molecule has 6 nitrogen and oxygen atoms in total. The summed E-state index contributed by atoms with van der Waals surface area (Å²) in [6, 6.07) is 4.82. The molecule has 0 bridgehead atoms. The second-order valence-corrected chi connectivity index (χ2v) is 5.17. The number of carboxylic acid groups (broad SMARTS) is 1. The molecule has 0 heterocycles. The van der Waals surface area contributed by atoms with Gasteiger partial charge in [0.05, 0.1) is 19.1 Å². The minimum atomic E-state index is -1.02. The minimum absolute atomic E-state index is 0.0384. The fourth-order valence-corrected chi connectivity index (χ4v) is 1.56. The first kappa shape index (κ1) is 16.8. The fourth-order valence-electron chi connectivity index (χ4n) is 1.56. The average molecular weight is 295 g/mol. The summed E-state index contributed by atoms with van der Waals surface area (Å²) in [6.45, 7) is 5.49. The molecule has 2 N–H and O–H groups in total. The van der Waals surface area contributed by atoms with Crippen LogP contribution in [0.25, 0.3) is 0 Å². The van der Waals surface area contributed by atoms with Crippen LogP contribution in [-0.2, 0) is 4.79 Å².